The van der Waals surface area contributed by atoms with Gasteiger partial charge in [0, 0.05) is 5.56 Å². The van der Waals surface area contributed by atoms with Crippen molar-refractivity contribution in [1.82, 2.24) is 0 Å². The lowest BCUT2D eigenvalue weighted by Gasteiger charge is -2.22. The summed E-state index contributed by atoms with van der Waals surface area (Å²) in [7, 11) is 1.13. The van der Waals surface area contributed by atoms with Crippen LogP contribution in [0.5, 0.6) is 0 Å². The topological polar surface area (TPSA) is 52.3 Å². The minimum Gasteiger partial charge on any atom is -0.467 e. The van der Waals surface area contributed by atoms with Crippen LogP contribution in [0.4, 0.5) is 8.78 Å². The smallest absolute Gasteiger partial charge is 0.330 e. The van der Waals surface area contributed by atoms with Crippen molar-refractivity contribution in [3.8, 4) is 0 Å². The number of carbonyl (C=O) groups excluding carboxylic acids is 1. The van der Waals surface area contributed by atoms with E-state index in [-0.39, 0.29) is 5.56 Å². The molecular formula is C10H11F2NO2. The molecule has 0 heterocycles. The van der Waals surface area contributed by atoms with E-state index in [4.69, 9.17) is 5.73 Å². The molecule has 0 bridgehead atoms. The number of carbonyl (C=O) groups is 1. The molecule has 82 valence electrons. The van der Waals surface area contributed by atoms with E-state index in [0.29, 0.717) is 0 Å². The number of hydrogen-bond donors (Lipinski definition) is 1. The summed E-state index contributed by atoms with van der Waals surface area (Å²) in [4.78, 5) is 11.3. The van der Waals surface area contributed by atoms with Crippen molar-refractivity contribution >= 4 is 5.97 Å². The summed E-state index contributed by atoms with van der Waals surface area (Å²) in [5, 5.41) is 0. The fourth-order valence-corrected chi connectivity index (χ4v) is 1.22. The first kappa shape index (κ1) is 11.6. The highest BCUT2D eigenvalue weighted by Gasteiger charge is 2.34. The van der Waals surface area contributed by atoms with Gasteiger partial charge in [-0.1, -0.05) is 0 Å². The number of rotatable bonds is 2. The van der Waals surface area contributed by atoms with Gasteiger partial charge in [-0.25, -0.2) is 13.6 Å². The second kappa shape index (κ2) is 3.94. The predicted molar refractivity (Wildman–Crippen MR) is 49.9 cm³/mol. The monoisotopic (exact) mass is 215 g/mol. The molecule has 0 saturated heterocycles. The molecule has 0 aliphatic carbocycles. The van der Waals surface area contributed by atoms with Gasteiger partial charge in [0.05, 0.1) is 7.11 Å². The standard InChI is InChI=1S/C10H11F2NO2/c1-10(13,9(14)15-2)7-5-6(11)3-4-8(7)12/h3-5H,13H2,1-2H3. The number of methoxy groups -OCH3 is 1. The molecule has 15 heavy (non-hydrogen) atoms. The second-order valence-corrected chi connectivity index (χ2v) is 3.32. The molecule has 0 amide bonds. The van der Waals surface area contributed by atoms with E-state index in [0.717, 1.165) is 25.3 Å². The maximum absolute atomic E-state index is 13.3. The number of esters is 1. The molecule has 0 spiro atoms. The van der Waals surface area contributed by atoms with Crippen molar-refractivity contribution in [2.24, 2.45) is 5.73 Å². The van der Waals surface area contributed by atoms with Crippen molar-refractivity contribution < 1.29 is 18.3 Å². The molecule has 1 atom stereocenters. The third kappa shape index (κ3) is 2.12. The maximum atomic E-state index is 13.3. The number of ether oxygens (including phenoxy) is 1. The third-order valence-electron chi connectivity index (χ3n) is 2.10. The lowest BCUT2D eigenvalue weighted by molar-refractivity contribution is -0.146. The Kier molecular flexibility index (Phi) is 3.04. The summed E-state index contributed by atoms with van der Waals surface area (Å²) in [6.07, 6.45) is 0. The van der Waals surface area contributed by atoms with E-state index in [1.165, 1.54) is 6.92 Å². The van der Waals surface area contributed by atoms with E-state index in [2.05, 4.69) is 4.74 Å². The second-order valence-electron chi connectivity index (χ2n) is 3.32. The van der Waals surface area contributed by atoms with Crippen LogP contribution in [0, 0.1) is 11.6 Å². The molecule has 0 aliphatic rings. The summed E-state index contributed by atoms with van der Waals surface area (Å²) in [6.45, 7) is 1.26. The average molecular weight is 215 g/mol. The molecule has 1 unspecified atom stereocenters. The highest BCUT2D eigenvalue weighted by Crippen LogP contribution is 2.23. The van der Waals surface area contributed by atoms with Crippen molar-refractivity contribution in [2.45, 2.75) is 12.5 Å². The zero-order valence-electron chi connectivity index (χ0n) is 8.38. The Morgan fingerprint density at radius 3 is 2.60 bits per heavy atom. The van der Waals surface area contributed by atoms with E-state index < -0.39 is 23.1 Å². The Balaban J connectivity index is 3.25. The number of halogens is 2. The molecule has 0 fully saturated rings. The molecule has 0 radical (unpaired) electrons. The Morgan fingerprint density at radius 1 is 1.47 bits per heavy atom. The summed E-state index contributed by atoms with van der Waals surface area (Å²) in [6, 6.07) is 2.75. The van der Waals surface area contributed by atoms with Gasteiger partial charge in [0.1, 0.15) is 17.2 Å². The van der Waals surface area contributed by atoms with Gasteiger partial charge < -0.3 is 10.5 Å². The Hall–Kier alpha value is -1.49. The summed E-state index contributed by atoms with van der Waals surface area (Å²) < 4.78 is 30.6. The van der Waals surface area contributed by atoms with Crippen LogP contribution in [0.15, 0.2) is 18.2 Å². The van der Waals surface area contributed by atoms with Crippen molar-refractivity contribution in [2.75, 3.05) is 7.11 Å². The molecule has 0 aliphatic heterocycles. The lowest BCUT2D eigenvalue weighted by atomic mass is 9.93. The number of nitrogens with two attached hydrogens (primary N) is 1. The highest BCUT2D eigenvalue weighted by molar-refractivity contribution is 5.81. The fraction of sp³-hybridized carbons (Fsp3) is 0.300. The van der Waals surface area contributed by atoms with Gasteiger partial charge in [0.15, 0.2) is 0 Å². The van der Waals surface area contributed by atoms with Gasteiger partial charge in [0.25, 0.3) is 0 Å². The van der Waals surface area contributed by atoms with Gasteiger partial charge in [-0.2, -0.15) is 0 Å². The molecule has 3 nitrogen and oxygen atoms in total. The molecule has 1 aromatic rings. The molecule has 1 rings (SSSR count). The summed E-state index contributed by atoms with van der Waals surface area (Å²) in [5.41, 5.74) is 3.66. The Morgan fingerprint density at radius 2 is 2.07 bits per heavy atom. The fourth-order valence-electron chi connectivity index (χ4n) is 1.22. The molecular weight excluding hydrogens is 204 g/mol. The normalized spacial score (nSPS) is 14.5. The van der Waals surface area contributed by atoms with Crippen LogP contribution in [0.25, 0.3) is 0 Å². The van der Waals surface area contributed by atoms with Crippen LogP contribution in [0.1, 0.15) is 12.5 Å². The maximum Gasteiger partial charge on any atom is 0.330 e. The minimum absolute atomic E-state index is 0.227. The third-order valence-corrected chi connectivity index (χ3v) is 2.10. The predicted octanol–water partition coefficient (Wildman–Crippen LogP) is 1.31. The average Bonchev–Trinajstić information content (AvgIpc) is 2.20. The molecule has 0 saturated carbocycles. The Labute approximate surface area is 85.8 Å². The van der Waals surface area contributed by atoms with Crippen LogP contribution in [0.2, 0.25) is 0 Å². The SMILES string of the molecule is COC(=O)C(C)(N)c1cc(F)ccc1F. The van der Waals surface area contributed by atoms with Gasteiger partial charge in [-0.15, -0.1) is 0 Å². The first-order valence-electron chi connectivity index (χ1n) is 4.22. The molecule has 2 N–H and O–H groups in total. The van der Waals surface area contributed by atoms with E-state index >= 15 is 0 Å². The quantitative estimate of drug-likeness (QED) is 0.757. The van der Waals surface area contributed by atoms with Crippen LogP contribution >= 0.6 is 0 Å². The van der Waals surface area contributed by atoms with Crippen molar-refractivity contribution in [3.05, 3.63) is 35.4 Å². The zero-order chi connectivity index (χ0) is 11.6. The van der Waals surface area contributed by atoms with Crippen LogP contribution in [0.3, 0.4) is 0 Å². The van der Waals surface area contributed by atoms with Gasteiger partial charge in [0.2, 0.25) is 0 Å². The van der Waals surface area contributed by atoms with Crippen LogP contribution in [-0.2, 0) is 15.1 Å². The first-order chi connectivity index (χ1) is 6.89. The van der Waals surface area contributed by atoms with E-state index in [1.807, 2.05) is 0 Å². The summed E-state index contributed by atoms with van der Waals surface area (Å²) >= 11 is 0. The molecule has 1 aromatic carbocycles. The Bertz CT molecular complexity index is 391. The van der Waals surface area contributed by atoms with E-state index in [1.54, 1.807) is 0 Å². The van der Waals surface area contributed by atoms with Crippen molar-refractivity contribution in [1.29, 1.82) is 0 Å². The number of benzene rings is 1. The van der Waals surface area contributed by atoms with Crippen LogP contribution in [-0.4, -0.2) is 13.1 Å². The first-order valence-corrected chi connectivity index (χ1v) is 4.22. The lowest BCUT2D eigenvalue weighted by Crippen LogP contribution is -2.43. The van der Waals surface area contributed by atoms with Crippen molar-refractivity contribution in [3.63, 3.8) is 0 Å². The van der Waals surface area contributed by atoms with Gasteiger partial charge >= 0.3 is 5.97 Å². The van der Waals surface area contributed by atoms with Gasteiger partial charge in [-0.05, 0) is 25.1 Å². The largest absolute Gasteiger partial charge is 0.467 e. The molecule has 0 aromatic heterocycles. The number of hydrogen-bond acceptors (Lipinski definition) is 3. The summed E-state index contributed by atoms with van der Waals surface area (Å²) in [5.74, 6) is -2.23. The van der Waals surface area contributed by atoms with E-state index in [9.17, 15) is 13.6 Å². The van der Waals surface area contributed by atoms with Crippen LogP contribution < -0.4 is 5.73 Å². The van der Waals surface area contributed by atoms with Gasteiger partial charge in [-0.3, -0.25) is 0 Å². The minimum atomic E-state index is -1.69. The molecule has 5 heteroatoms. The zero-order valence-corrected chi connectivity index (χ0v) is 8.38. The highest BCUT2D eigenvalue weighted by atomic mass is 19.1.